The minimum atomic E-state index is -0.667. The van der Waals surface area contributed by atoms with Crippen molar-refractivity contribution in [2.45, 2.75) is 33.3 Å². The molecule has 0 aliphatic carbocycles. The summed E-state index contributed by atoms with van der Waals surface area (Å²) < 4.78 is 5.40. The maximum Gasteiger partial charge on any atom is 0.311 e. The molecule has 0 aliphatic rings. The summed E-state index contributed by atoms with van der Waals surface area (Å²) in [4.78, 5) is 21.7. The van der Waals surface area contributed by atoms with E-state index in [9.17, 15) is 14.9 Å². The molecule has 1 rings (SSSR count). The fourth-order valence-corrected chi connectivity index (χ4v) is 1.46. The molecule has 0 aromatic heterocycles. The minimum Gasteiger partial charge on any atom is -0.476 e. The van der Waals surface area contributed by atoms with Crippen LogP contribution in [0.5, 0.6) is 5.75 Å². The molecule has 5 nitrogen and oxygen atoms in total. The molecule has 0 N–H and O–H groups in total. The average Bonchev–Trinajstić information content (AvgIpc) is 2.30. The van der Waals surface area contributed by atoms with Gasteiger partial charge in [-0.25, -0.2) is 0 Å². The first-order valence-electron chi connectivity index (χ1n) is 5.40. The van der Waals surface area contributed by atoms with Crippen molar-refractivity contribution in [3.8, 4) is 5.75 Å². The second kappa shape index (κ2) is 5.43. The number of Topliss-reactive ketones (excluding diaryl/α,β-unsaturated/α-hetero) is 1. The molecule has 0 fully saturated rings. The second-order valence-electron chi connectivity index (χ2n) is 3.76. The molecular formula is C12H15NO4. The predicted octanol–water partition coefficient (Wildman–Crippen LogP) is 2.65. The second-order valence-corrected chi connectivity index (χ2v) is 3.76. The van der Waals surface area contributed by atoms with Crippen molar-refractivity contribution in [1.82, 2.24) is 0 Å². The summed E-state index contributed by atoms with van der Waals surface area (Å²) in [6, 6.07) is 4.67. The number of hydrogen-bond acceptors (Lipinski definition) is 4. The Morgan fingerprint density at radius 2 is 2.18 bits per heavy atom. The number of aryl methyl sites for hydroxylation is 1. The van der Waals surface area contributed by atoms with Gasteiger partial charge in [0, 0.05) is 12.5 Å². The highest BCUT2D eigenvalue weighted by Crippen LogP contribution is 2.31. The first-order chi connectivity index (χ1) is 7.97. The Bertz CT molecular complexity index is 442. The van der Waals surface area contributed by atoms with E-state index in [4.69, 9.17) is 4.74 Å². The number of carbonyl (C=O) groups excluding carboxylic acids is 1. The highest BCUT2D eigenvalue weighted by Gasteiger charge is 2.21. The van der Waals surface area contributed by atoms with Crippen LogP contribution >= 0.6 is 0 Å². The third-order valence-corrected chi connectivity index (χ3v) is 2.48. The van der Waals surface area contributed by atoms with Crippen LogP contribution in [0.2, 0.25) is 0 Å². The lowest BCUT2D eigenvalue weighted by Gasteiger charge is -2.14. The number of nitrogens with zero attached hydrogens (tertiary/aromatic N) is 1. The lowest BCUT2D eigenvalue weighted by molar-refractivity contribution is -0.386. The van der Waals surface area contributed by atoms with E-state index in [0.717, 1.165) is 0 Å². The summed E-state index contributed by atoms with van der Waals surface area (Å²) in [5.74, 6) is 0.0920. The Kier molecular flexibility index (Phi) is 4.20. The average molecular weight is 237 g/mol. The molecule has 0 saturated heterocycles. The van der Waals surface area contributed by atoms with Gasteiger partial charge in [0.25, 0.3) is 0 Å². The van der Waals surface area contributed by atoms with Crippen LogP contribution in [-0.2, 0) is 4.79 Å². The molecule has 1 unspecified atom stereocenters. The molecule has 0 spiro atoms. The highest BCUT2D eigenvalue weighted by molar-refractivity contribution is 5.82. The van der Waals surface area contributed by atoms with Crippen LogP contribution in [0, 0.1) is 17.0 Å². The first kappa shape index (κ1) is 13.2. The molecule has 0 bridgehead atoms. The van der Waals surface area contributed by atoms with Gasteiger partial charge in [-0.1, -0.05) is 19.1 Å². The number of carbonyl (C=O) groups is 1. The number of rotatable bonds is 5. The van der Waals surface area contributed by atoms with Gasteiger partial charge >= 0.3 is 5.69 Å². The van der Waals surface area contributed by atoms with E-state index in [1.54, 1.807) is 32.9 Å². The molecule has 1 aromatic rings. The van der Waals surface area contributed by atoms with Crippen molar-refractivity contribution in [2.75, 3.05) is 0 Å². The zero-order valence-electron chi connectivity index (χ0n) is 10.1. The van der Waals surface area contributed by atoms with Crippen molar-refractivity contribution in [1.29, 1.82) is 0 Å². The molecule has 5 heteroatoms. The Labute approximate surface area is 99.5 Å². The van der Waals surface area contributed by atoms with E-state index in [-0.39, 0.29) is 17.2 Å². The molecule has 0 heterocycles. The summed E-state index contributed by atoms with van der Waals surface area (Å²) in [6.45, 7) is 5.04. The highest BCUT2D eigenvalue weighted by atomic mass is 16.6. The van der Waals surface area contributed by atoms with Crippen LogP contribution in [0.25, 0.3) is 0 Å². The number of benzene rings is 1. The normalized spacial score (nSPS) is 11.9. The lowest BCUT2D eigenvalue weighted by atomic mass is 10.1. The maximum atomic E-state index is 11.4. The van der Waals surface area contributed by atoms with Crippen molar-refractivity contribution in [3.63, 3.8) is 0 Å². The summed E-state index contributed by atoms with van der Waals surface area (Å²) in [7, 11) is 0. The molecular weight excluding hydrogens is 222 g/mol. The summed E-state index contributed by atoms with van der Waals surface area (Å²) in [5, 5.41) is 10.8. The third-order valence-electron chi connectivity index (χ3n) is 2.48. The van der Waals surface area contributed by atoms with E-state index >= 15 is 0 Å². The first-order valence-corrected chi connectivity index (χ1v) is 5.40. The van der Waals surface area contributed by atoms with Crippen LogP contribution in [-0.4, -0.2) is 16.8 Å². The van der Waals surface area contributed by atoms with Crippen LogP contribution < -0.4 is 4.74 Å². The molecule has 0 radical (unpaired) electrons. The number of hydrogen-bond donors (Lipinski definition) is 0. The van der Waals surface area contributed by atoms with Gasteiger partial charge in [-0.3, -0.25) is 14.9 Å². The van der Waals surface area contributed by atoms with Gasteiger partial charge in [0.1, 0.15) is 0 Å². The SMILES string of the molecule is CCC(=O)C(C)Oc1c(C)cccc1[N+](=O)[O-]. The summed E-state index contributed by atoms with van der Waals surface area (Å²) >= 11 is 0. The van der Waals surface area contributed by atoms with Crippen LogP contribution in [0.4, 0.5) is 5.69 Å². The quantitative estimate of drug-likeness (QED) is 0.583. The molecule has 1 atom stereocenters. The van der Waals surface area contributed by atoms with Gasteiger partial charge in [0.2, 0.25) is 5.75 Å². The van der Waals surface area contributed by atoms with Gasteiger partial charge in [0.05, 0.1) is 4.92 Å². The zero-order valence-corrected chi connectivity index (χ0v) is 10.1. The van der Waals surface area contributed by atoms with E-state index in [1.807, 2.05) is 0 Å². The summed E-state index contributed by atoms with van der Waals surface area (Å²) in [6.07, 6.45) is -0.319. The molecule has 0 saturated carbocycles. The standard InChI is InChI=1S/C12H15NO4/c1-4-11(14)9(3)17-12-8(2)6-5-7-10(12)13(15)16/h5-7,9H,4H2,1-3H3. The third kappa shape index (κ3) is 3.03. The lowest BCUT2D eigenvalue weighted by Crippen LogP contribution is -2.23. The van der Waals surface area contributed by atoms with Crippen molar-refractivity contribution in [2.24, 2.45) is 0 Å². The fourth-order valence-electron chi connectivity index (χ4n) is 1.46. The largest absolute Gasteiger partial charge is 0.476 e. The Morgan fingerprint density at radius 3 is 2.71 bits per heavy atom. The molecule has 17 heavy (non-hydrogen) atoms. The van der Waals surface area contributed by atoms with Crippen LogP contribution in [0.1, 0.15) is 25.8 Å². The van der Waals surface area contributed by atoms with Gasteiger partial charge in [0.15, 0.2) is 11.9 Å². The van der Waals surface area contributed by atoms with Crippen molar-refractivity contribution in [3.05, 3.63) is 33.9 Å². The Morgan fingerprint density at radius 1 is 1.53 bits per heavy atom. The monoisotopic (exact) mass is 237 g/mol. The Hall–Kier alpha value is -1.91. The molecule has 1 aromatic carbocycles. The number of nitro benzene ring substituents is 1. The van der Waals surface area contributed by atoms with Gasteiger partial charge < -0.3 is 4.74 Å². The van der Waals surface area contributed by atoms with Gasteiger partial charge in [-0.2, -0.15) is 0 Å². The zero-order chi connectivity index (χ0) is 13.0. The van der Waals surface area contributed by atoms with Crippen molar-refractivity contribution >= 4 is 11.5 Å². The fraction of sp³-hybridized carbons (Fsp3) is 0.417. The Balaban J connectivity index is 3.05. The number of ether oxygens (including phenoxy) is 1. The molecule has 0 amide bonds. The van der Waals surface area contributed by atoms with Gasteiger partial charge in [-0.15, -0.1) is 0 Å². The van der Waals surface area contributed by atoms with E-state index in [0.29, 0.717) is 12.0 Å². The topological polar surface area (TPSA) is 69.4 Å². The predicted molar refractivity (Wildman–Crippen MR) is 63.2 cm³/mol. The van der Waals surface area contributed by atoms with Crippen molar-refractivity contribution < 1.29 is 14.5 Å². The summed E-state index contributed by atoms with van der Waals surface area (Å²) in [5.41, 5.74) is 0.538. The number of para-hydroxylation sites is 1. The van der Waals surface area contributed by atoms with E-state index in [1.165, 1.54) is 6.07 Å². The van der Waals surface area contributed by atoms with E-state index < -0.39 is 11.0 Å². The van der Waals surface area contributed by atoms with Crippen LogP contribution in [0.3, 0.4) is 0 Å². The number of ketones is 1. The van der Waals surface area contributed by atoms with Crippen LogP contribution in [0.15, 0.2) is 18.2 Å². The smallest absolute Gasteiger partial charge is 0.311 e. The molecule has 0 aliphatic heterocycles. The van der Waals surface area contributed by atoms with E-state index in [2.05, 4.69) is 0 Å². The van der Waals surface area contributed by atoms with Gasteiger partial charge in [-0.05, 0) is 19.4 Å². The number of nitro groups is 1. The molecule has 92 valence electrons. The maximum absolute atomic E-state index is 11.4. The minimum absolute atomic E-state index is 0.0810.